The fraction of sp³-hybridized carbons (Fsp3) is 0.375. The van der Waals surface area contributed by atoms with Crippen LogP contribution in [0.4, 0.5) is 4.39 Å². The van der Waals surface area contributed by atoms with Crippen LogP contribution < -0.4 is 5.73 Å². The Balaban J connectivity index is 1.93. The van der Waals surface area contributed by atoms with Crippen LogP contribution in [0.5, 0.6) is 0 Å². The van der Waals surface area contributed by atoms with Crippen molar-refractivity contribution >= 4 is 17.2 Å². The summed E-state index contributed by atoms with van der Waals surface area (Å²) in [5.74, 6) is -0.376. The molecule has 0 radical (unpaired) electrons. The number of likely N-dealkylation sites (tertiary alicyclic amines) is 1. The van der Waals surface area contributed by atoms with Crippen LogP contribution in [0, 0.1) is 12.7 Å². The van der Waals surface area contributed by atoms with E-state index < -0.39 is 0 Å². The number of rotatable bonds is 2. The number of carbonyl (C=O) groups excluding carboxylic acids is 1. The quantitative estimate of drug-likeness (QED) is 0.926. The van der Waals surface area contributed by atoms with Crippen LogP contribution in [0.25, 0.3) is 10.4 Å². The van der Waals surface area contributed by atoms with Gasteiger partial charge in [-0.2, -0.15) is 0 Å². The normalized spacial score (nSPS) is 18.5. The third-order valence-corrected chi connectivity index (χ3v) is 4.81. The molecule has 0 aliphatic carbocycles. The highest BCUT2D eigenvalue weighted by Gasteiger charge is 2.27. The minimum absolute atomic E-state index is 0.0340. The van der Waals surface area contributed by atoms with Gasteiger partial charge in [0.15, 0.2) is 0 Å². The van der Waals surface area contributed by atoms with E-state index in [0.29, 0.717) is 18.8 Å². The van der Waals surface area contributed by atoms with Crippen molar-refractivity contribution in [3.8, 4) is 10.4 Å². The molecule has 22 heavy (non-hydrogen) atoms. The molecule has 1 aliphatic heterocycles. The number of nitrogens with zero attached hydrogens (tertiary/aromatic N) is 2. The number of amides is 1. The van der Waals surface area contributed by atoms with Gasteiger partial charge in [0.05, 0.1) is 9.88 Å². The average molecular weight is 319 g/mol. The smallest absolute Gasteiger partial charge is 0.274 e. The Morgan fingerprint density at radius 2 is 2.14 bits per heavy atom. The molecule has 0 saturated carbocycles. The average Bonchev–Trinajstić information content (AvgIpc) is 2.89. The molecule has 4 nitrogen and oxygen atoms in total. The van der Waals surface area contributed by atoms with E-state index in [1.807, 2.05) is 6.92 Å². The number of hydrogen-bond donors (Lipinski definition) is 1. The molecule has 2 heterocycles. The first-order valence-corrected chi connectivity index (χ1v) is 8.14. The van der Waals surface area contributed by atoms with Crippen molar-refractivity contribution in [3.63, 3.8) is 0 Å². The van der Waals surface area contributed by atoms with Gasteiger partial charge >= 0.3 is 0 Å². The van der Waals surface area contributed by atoms with Gasteiger partial charge in [-0.15, -0.1) is 11.3 Å². The second-order valence-corrected chi connectivity index (χ2v) is 6.77. The van der Waals surface area contributed by atoms with Crippen LogP contribution in [0.2, 0.25) is 0 Å². The van der Waals surface area contributed by atoms with Crippen molar-refractivity contribution in [2.75, 3.05) is 13.1 Å². The second-order valence-electron chi connectivity index (χ2n) is 5.57. The monoisotopic (exact) mass is 319 g/mol. The summed E-state index contributed by atoms with van der Waals surface area (Å²) in [4.78, 5) is 19.7. The molecular weight excluding hydrogens is 301 g/mol. The summed E-state index contributed by atoms with van der Waals surface area (Å²) in [6.07, 6.45) is 1.87. The zero-order valence-corrected chi connectivity index (χ0v) is 13.2. The molecule has 1 fully saturated rings. The van der Waals surface area contributed by atoms with Crippen LogP contribution in [0.15, 0.2) is 24.3 Å². The molecule has 1 atom stereocenters. The van der Waals surface area contributed by atoms with E-state index >= 15 is 0 Å². The van der Waals surface area contributed by atoms with Gasteiger partial charge in [-0.25, -0.2) is 9.37 Å². The molecule has 2 N–H and O–H groups in total. The summed E-state index contributed by atoms with van der Waals surface area (Å²) < 4.78 is 13.1. The molecule has 2 aromatic rings. The first kappa shape index (κ1) is 15.1. The van der Waals surface area contributed by atoms with Crippen LogP contribution >= 0.6 is 11.3 Å². The lowest BCUT2D eigenvalue weighted by Crippen LogP contribution is -2.45. The third kappa shape index (κ3) is 3.03. The van der Waals surface area contributed by atoms with E-state index in [4.69, 9.17) is 5.73 Å². The number of piperidine rings is 1. The maximum absolute atomic E-state index is 13.1. The first-order valence-electron chi connectivity index (χ1n) is 7.33. The van der Waals surface area contributed by atoms with Crippen LogP contribution in [-0.2, 0) is 0 Å². The number of aromatic nitrogens is 1. The second kappa shape index (κ2) is 6.14. The lowest BCUT2D eigenvalue weighted by molar-refractivity contribution is 0.0704. The predicted molar refractivity (Wildman–Crippen MR) is 85.4 cm³/mol. The minimum Gasteiger partial charge on any atom is -0.336 e. The molecule has 1 aromatic carbocycles. The fourth-order valence-corrected chi connectivity index (χ4v) is 3.63. The number of thiazole rings is 1. The summed E-state index contributed by atoms with van der Waals surface area (Å²) >= 11 is 1.45. The van der Waals surface area contributed by atoms with E-state index in [-0.39, 0.29) is 17.8 Å². The predicted octanol–water partition coefficient (Wildman–Crippen LogP) is 2.82. The van der Waals surface area contributed by atoms with Gasteiger partial charge in [-0.1, -0.05) is 12.1 Å². The minimum atomic E-state index is -0.292. The van der Waals surface area contributed by atoms with E-state index in [1.54, 1.807) is 17.0 Å². The third-order valence-electron chi connectivity index (χ3n) is 3.79. The number of aryl methyl sites for hydroxylation is 1. The van der Waals surface area contributed by atoms with Crippen molar-refractivity contribution in [2.24, 2.45) is 5.73 Å². The van der Waals surface area contributed by atoms with Crippen LogP contribution in [-0.4, -0.2) is 34.9 Å². The highest BCUT2D eigenvalue weighted by atomic mass is 32.1. The maximum Gasteiger partial charge on any atom is 0.274 e. The van der Waals surface area contributed by atoms with Crippen LogP contribution in [0.3, 0.4) is 0 Å². The summed E-state index contributed by atoms with van der Waals surface area (Å²) in [7, 11) is 0. The Labute approximate surface area is 132 Å². The Hall–Kier alpha value is -1.79. The summed E-state index contributed by atoms with van der Waals surface area (Å²) in [5, 5.41) is 0.823. The number of hydrogen-bond acceptors (Lipinski definition) is 4. The lowest BCUT2D eigenvalue weighted by Gasteiger charge is -2.30. The van der Waals surface area contributed by atoms with E-state index in [0.717, 1.165) is 28.3 Å². The summed E-state index contributed by atoms with van der Waals surface area (Å²) in [5.41, 5.74) is 7.22. The standard InChI is InChI=1S/C16H18FN3OS/c1-10-19-14(16(21)20-8-2-3-13(18)9-20)15(22-10)11-4-6-12(17)7-5-11/h4-7,13H,2-3,8-9,18H2,1H3. The topological polar surface area (TPSA) is 59.2 Å². The Morgan fingerprint density at radius 1 is 1.41 bits per heavy atom. The zero-order chi connectivity index (χ0) is 15.7. The van der Waals surface area contributed by atoms with E-state index in [9.17, 15) is 9.18 Å². The zero-order valence-electron chi connectivity index (χ0n) is 12.4. The van der Waals surface area contributed by atoms with Gasteiger partial charge in [-0.3, -0.25) is 4.79 Å². The van der Waals surface area contributed by atoms with Crippen LogP contribution in [0.1, 0.15) is 28.3 Å². The number of halogens is 1. The van der Waals surface area contributed by atoms with Crippen molar-refractivity contribution in [1.82, 2.24) is 9.88 Å². The van der Waals surface area contributed by atoms with Gasteiger partial charge < -0.3 is 10.6 Å². The molecule has 116 valence electrons. The van der Waals surface area contributed by atoms with E-state index in [2.05, 4.69) is 4.98 Å². The molecule has 0 spiro atoms. The molecule has 0 bridgehead atoms. The van der Waals surface area contributed by atoms with Gasteiger partial charge in [0.25, 0.3) is 5.91 Å². The fourth-order valence-electron chi connectivity index (χ4n) is 2.71. The van der Waals surface area contributed by atoms with E-state index in [1.165, 1.54) is 23.5 Å². The van der Waals surface area contributed by atoms with Crippen molar-refractivity contribution in [3.05, 3.63) is 40.8 Å². The van der Waals surface area contributed by atoms with Gasteiger partial charge in [0.1, 0.15) is 11.5 Å². The van der Waals surface area contributed by atoms with Gasteiger partial charge in [0.2, 0.25) is 0 Å². The van der Waals surface area contributed by atoms with Crippen molar-refractivity contribution in [2.45, 2.75) is 25.8 Å². The molecular formula is C16H18FN3OS. The highest BCUT2D eigenvalue weighted by molar-refractivity contribution is 7.15. The lowest BCUT2D eigenvalue weighted by atomic mass is 10.1. The molecule has 1 aliphatic rings. The highest BCUT2D eigenvalue weighted by Crippen LogP contribution is 2.31. The summed E-state index contributed by atoms with van der Waals surface area (Å²) in [6, 6.07) is 6.19. The van der Waals surface area contributed by atoms with Crippen molar-refractivity contribution < 1.29 is 9.18 Å². The van der Waals surface area contributed by atoms with Crippen molar-refractivity contribution in [1.29, 1.82) is 0 Å². The SMILES string of the molecule is Cc1nc(C(=O)N2CCCC(N)C2)c(-c2ccc(F)cc2)s1. The number of carbonyl (C=O) groups is 1. The maximum atomic E-state index is 13.1. The Bertz CT molecular complexity index is 683. The molecule has 1 saturated heterocycles. The molecule has 1 amide bonds. The molecule has 3 rings (SSSR count). The Kier molecular flexibility index (Phi) is 4.22. The number of benzene rings is 1. The summed E-state index contributed by atoms with van der Waals surface area (Å²) in [6.45, 7) is 3.15. The largest absolute Gasteiger partial charge is 0.336 e. The first-order chi connectivity index (χ1) is 10.5. The Morgan fingerprint density at radius 3 is 2.82 bits per heavy atom. The number of nitrogens with two attached hydrogens (primary N) is 1. The molecule has 1 unspecified atom stereocenters. The van der Waals surface area contributed by atoms with Gasteiger partial charge in [-0.05, 0) is 37.5 Å². The molecule has 1 aromatic heterocycles. The van der Waals surface area contributed by atoms with Gasteiger partial charge in [0, 0.05) is 19.1 Å². The molecule has 6 heteroatoms.